The first-order chi connectivity index (χ1) is 17.9. The van der Waals surface area contributed by atoms with Crippen molar-refractivity contribution in [3.05, 3.63) is 76.4 Å². The Balaban J connectivity index is 1.18. The van der Waals surface area contributed by atoms with E-state index in [0.29, 0.717) is 49.3 Å². The van der Waals surface area contributed by atoms with Crippen LogP contribution in [0.1, 0.15) is 92.9 Å². The maximum absolute atomic E-state index is 14.9. The second-order valence-electron chi connectivity index (χ2n) is 10.6. The minimum atomic E-state index is -1.13. The molecule has 1 unspecified atom stereocenters. The van der Waals surface area contributed by atoms with Crippen molar-refractivity contribution in [3.63, 3.8) is 0 Å². The van der Waals surface area contributed by atoms with Gasteiger partial charge in [-0.2, -0.15) is 4.39 Å². The second-order valence-corrected chi connectivity index (χ2v) is 10.6. The zero-order valence-corrected chi connectivity index (χ0v) is 21.0. The van der Waals surface area contributed by atoms with E-state index in [1.54, 1.807) is 12.1 Å². The Morgan fingerprint density at radius 2 is 1.30 bits per heavy atom. The lowest BCUT2D eigenvalue weighted by Gasteiger charge is -2.28. The van der Waals surface area contributed by atoms with Crippen molar-refractivity contribution in [1.29, 1.82) is 0 Å². The van der Waals surface area contributed by atoms with Crippen LogP contribution in [0, 0.1) is 35.1 Å². The van der Waals surface area contributed by atoms with Crippen molar-refractivity contribution in [3.8, 4) is 5.75 Å². The maximum atomic E-state index is 14.9. The molecule has 7 heteroatoms. The smallest absolute Gasteiger partial charge is 0.314 e. The first-order valence-corrected chi connectivity index (χ1v) is 13.3. The molecule has 2 aromatic rings. The summed E-state index contributed by atoms with van der Waals surface area (Å²) in [7, 11) is 0. The number of hydrogen-bond donors (Lipinski definition) is 0. The van der Waals surface area contributed by atoms with E-state index < -0.39 is 40.9 Å². The molecule has 0 radical (unpaired) electrons. The molecule has 2 aromatic carbocycles. The molecule has 0 amide bonds. The summed E-state index contributed by atoms with van der Waals surface area (Å²) in [6.45, 7) is 2.38. The Bertz CT molecular complexity index is 1170. The number of benzene rings is 2. The number of rotatable bonds is 6. The maximum Gasteiger partial charge on any atom is 0.314 e. The lowest BCUT2D eigenvalue weighted by Crippen LogP contribution is -2.26. The van der Waals surface area contributed by atoms with E-state index in [9.17, 15) is 22.4 Å². The van der Waals surface area contributed by atoms with Gasteiger partial charge in [0.1, 0.15) is 6.10 Å². The molecule has 3 nitrogen and oxygen atoms in total. The SMILES string of the molecule is C/C=C/C1CCC(c2ccc(OC(=O)C3CCC(c4ccc(C5CO5)c(F)c4F)CC3)c(F)c2F)CC1. The molecule has 3 aliphatic rings. The summed E-state index contributed by atoms with van der Waals surface area (Å²) < 4.78 is 69.2. The first-order valence-electron chi connectivity index (χ1n) is 13.3. The molecule has 0 spiro atoms. The van der Waals surface area contributed by atoms with Crippen LogP contribution in [-0.4, -0.2) is 12.6 Å². The van der Waals surface area contributed by atoms with Gasteiger partial charge in [-0.3, -0.25) is 4.79 Å². The molecule has 5 rings (SSSR count). The Labute approximate surface area is 214 Å². The van der Waals surface area contributed by atoms with Crippen LogP contribution in [0.2, 0.25) is 0 Å². The highest BCUT2D eigenvalue weighted by atomic mass is 19.2. The van der Waals surface area contributed by atoms with Crippen molar-refractivity contribution in [2.75, 3.05) is 6.61 Å². The Hall–Kier alpha value is -2.67. The molecule has 1 atom stereocenters. The van der Waals surface area contributed by atoms with E-state index >= 15 is 0 Å². The van der Waals surface area contributed by atoms with Gasteiger partial charge in [-0.15, -0.1) is 0 Å². The third-order valence-corrected chi connectivity index (χ3v) is 8.29. The summed E-state index contributed by atoms with van der Waals surface area (Å²) in [5.41, 5.74) is 0.877. The highest BCUT2D eigenvalue weighted by molar-refractivity contribution is 5.75. The first kappa shape index (κ1) is 26.0. The third-order valence-electron chi connectivity index (χ3n) is 8.29. The van der Waals surface area contributed by atoms with Crippen LogP contribution in [0.25, 0.3) is 0 Å². The molecular weight excluding hydrogens is 484 g/mol. The van der Waals surface area contributed by atoms with Crippen LogP contribution < -0.4 is 4.74 Å². The number of epoxide rings is 1. The predicted octanol–water partition coefficient (Wildman–Crippen LogP) is 8.04. The van der Waals surface area contributed by atoms with E-state index in [0.717, 1.165) is 25.7 Å². The highest BCUT2D eigenvalue weighted by Crippen LogP contribution is 2.42. The highest BCUT2D eigenvalue weighted by Gasteiger charge is 2.34. The van der Waals surface area contributed by atoms with E-state index in [4.69, 9.17) is 9.47 Å². The molecule has 37 heavy (non-hydrogen) atoms. The fourth-order valence-corrected chi connectivity index (χ4v) is 6.04. The molecule has 0 aromatic heterocycles. The fourth-order valence-electron chi connectivity index (χ4n) is 6.04. The number of esters is 1. The number of carbonyl (C=O) groups is 1. The average molecular weight is 517 g/mol. The molecule has 1 aliphatic heterocycles. The summed E-state index contributed by atoms with van der Waals surface area (Å²) in [6, 6.07) is 6.05. The van der Waals surface area contributed by atoms with Crippen molar-refractivity contribution >= 4 is 5.97 Å². The quantitative estimate of drug-likeness (QED) is 0.128. The van der Waals surface area contributed by atoms with Gasteiger partial charge in [0.15, 0.2) is 23.2 Å². The normalized spacial score (nSPS) is 27.9. The summed E-state index contributed by atoms with van der Waals surface area (Å²) in [6.07, 6.45) is 9.01. The summed E-state index contributed by atoms with van der Waals surface area (Å²) in [5.74, 6) is -5.11. The van der Waals surface area contributed by atoms with Crippen molar-refractivity contribution < 1.29 is 31.8 Å². The fraction of sp³-hybridized carbons (Fsp3) is 0.500. The molecule has 1 saturated heterocycles. The third kappa shape index (κ3) is 5.47. The van der Waals surface area contributed by atoms with Gasteiger partial charge in [0.2, 0.25) is 5.82 Å². The zero-order valence-electron chi connectivity index (χ0n) is 21.0. The molecule has 3 fully saturated rings. The van der Waals surface area contributed by atoms with Gasteiger partial charge in [0, 0.05) is 5.56 Å². The van der Waals surface area contributed by atoms with E-state index in [1.165, 1.54) is 12.1 Å². The molecule has 1 heterocycles. The predicted molar refractivity (Wildman–Crippen MR) is 131 cm³/mol. The molecular formula is C30H32F4O3. The van der Waals surface area contributed by atoms with Crippen LogP contribution in [0.15, 0.2) is 36.4 Å². The monoisotopic (exact) mass is 516 g/mol. The van der Waals surface area contributed by atoms with Crippen LogP contribution in [-0.2, 0) is 9.53 Å². The van der Waals surface area contributed by atoms with Gasteiger partial charge in [0.05, 0.1) is 12.5 Å². The van der Waals surface area contributed by atoms with Gasteiger partial charge in [-0.1, -0.05) is 30.4 Å². The van der Waals surface area contributed by atoms with Crippen LogP contribution >= 0.6 is 0 Å². The minimum Gasteiger partial charge on any atom is -0.423 e. The molecule has 0 bridgehead atoms. The number of hydrogen-bond acceptors (Lipinski definition) is 3. The van der Waals surface area contributed by atoms with Gasteiger partial charge in [-0.05, 0) is 93.2 Å². The van der Waals surface area contributed by atoms with Crippen molar-refractivity contribution in [2.45, 2.75) is 76.2 Å². The molecule has 198 valence electrons. The number of halogens is 4. The number of allylic oxidation sites excluding steroid dienone is 2. The average Bonchev–Trinajstić information content (AvgIpc) is 3.75. The molecule has 2 saturated carbocycles. The topological polar surface area (TPSA) is 38.8 Å². The Kier molecular flexibility index (Phi) is 7.70. The standard InChI is InChI=1S/C30H32F4O3/c1-2-3-17-4-6-18(7-5-17)22-14-15-24(29(34)27(22)32)37-30(35)20-10-8-19(9-11-20)21-12-13-23(25-16-36-25)28(33)26(21)31/h2-3,12-15,17-20,25H,4-11,16H2,1H3/b3-2+. The second kappa shape index (κ2) is 11.0. The Morgan fingerprint density at radius 3 is 1.89 bits per heavy atom. The van der Waals surface area contributed by atoms with Gasteiger partial charge in [0.25, 0.3) is 0 Å². The minimum absolute atomic E-state index is 0.0489. The van der Waals surface area contributed by atoms with E-state index in [-0.39, 0.29) is 23.5 Å². The van der Waals surface area contributed by atoms with E-state index in [2.05, 4.69) is 6.08 Å². The van der Waals surface area contributed by atoms with Gasteiger partial charge >= 0.3 is 5.97 Å². The van der Waals surface area contributed by atoms with Crippen LogP contribution in [0.3, 0.4) is 0 Å². The molecule has 0 N–H and O–H groups in total. The van der Waals surface area contributed by atoms with Crippen LogP contribution in [0.5, 0.6) is 5.75 Å². The summed E-state index contributed by atoms with van der Waals surface area (Å²) >= 11 is 0. The number of carbonyl (C=O) groups excluding carboxylic acids is 1. The largest absolute Gasteiger partial charge is 0.423 e. The molecule has 2 aliphatic carbocycles. The van der Waals surface area contributed by atoms with Crippen molar-refractivity contribution in [2.24, 2.45) is 11.8 Å². The van der Waals surface area contributed by atoms with Crippen molar-refractivity contribution in [1.82, 2.24) is 0 Å². The van der Waals surface area contributed by atoms with Gasteiger partial charge in [-0.25, -0.2) is 13.2 Å². The Morgan fingerprint density at radius 1 is 0.784 bits per heavy atom. The van der Waals surface area contributed by atoms with Gasteiger partial charge < -0.3 is 9.47 Å². The van der Waals surface area contributed by atoms with Crippen LogP contribution in [0.4, 0.5) is 17.6 Å². The summed E-state index contributed by atoms with van der Waals surface area (Å²) in [4.78, 5) is 12.7. The van der Waals surface area contributed by atoms with E-state index in [1.807, 2.05) is 13.0 Å². The lowest BCUT2D eigenvalue weighted by molar-refractivity contribution is -0.140. The number of ether oxygens (including phenoxy) is 2. The zero-order chi connectivity index (χ0) is 26.1. The summed E-state index contributed by atoms with van der Waals surface area (Å²) in [5, 5.41) is 0. The lowest BCUT2D eigenvalue weighted by atomic mass is 9.78.